The standard InChI is InChI=1S/C21H27NO5S2/c1-4-12-27-19(23)8-7-11-22-20(24)18(29-21(22)28)14-15-9-10-16(25-5-2)17(13-15)26-6-3/h9-10,13-14H,4-8,11-12H2,1-3H3/b18-14-. The Morgan fingerprint density at radius 2 is 1.90 bits per heavy atom. The van der Waals surface area contributed by atoms with E-state index in [1.165, 1.54) is 16.7 Å². The topological polar surface area (TPSA) is 65.1 Å². The molecular formula is C21H27NO5S2. The van der Waals surface area contributed by atoms with Crippen molar-refractivity contribution in [2.75, 3.05) is 26.4 Å². The number of carbonyl (C=O) groups excluding carboxylic acids is 2. The third-order valence-electron chi connectivity index (χ3n) is 3.97. The van der Waals surface area contributed by atoms with Gasteiger partial charge in [-0.25, -0.2) is 0 Å². The fourth-order valence-electron chi connectivity index (χ4n) is 2.67. The molecule has 29 heavy (non-hydrogen) atoms. The molecule has 0 atom stereocenters. The normalized spacial score (nSPS) is 15.1. The number of amides is 1. The van der Waals surface area contributed by atoms with Crippen LogP contribution in [0.2, 0.25) is 0 Å². The second-order valence-electron chi connectivity index (χ2n) is 6.23. The van der Waals surface area contributed by atoms with Gasteiger partial charge in [0.1, 0.15) is 4.32 Å². The molecule has 0 aliphatic carbocycles. The van der Waals surface area contributed by atoms with Crippen molar-refractivity contribution in [3.63, 3.8) is 0 Å². The van der Waals surface area contributed by atoms with E-state index in [2.05, 4.69) is 0 Å². The Morgan fingerprint density at radius 3 is 2.59 bits per heavy atom. The Bertz CT molecular complexity index is 778. The van der Waals surface area contributed by atoms with E-state index < -0.39 is 0 Å². The van der Waals surface area contributed by atoms with Gasteiger partial charge in [-0.2, -0.15) is 0 Å². The van der Waals surface area contributed by atoms with E-state index in [0.717, 1.165) is 12.0 Å². The van der Waals surface area contributed by atoms with E-state index in [9.17, 15) is 9.59 Å². The van der Waals surface area contributed by atoms with Gasteiger partial charge in [0, 0.05) is 13.0 Å². The van der Waals surface area contributed by atoms with Crippen molar-refractivity contribution in [2.24, 2.45) is 0 Å². The van der Waals surface area contributed by atoms with Crippen LogP contribution in [-0.2, 0) is 14.3 Å². The minimum atomic E-state index is -0.245. The molecule has 0 aromatic heterocycles. The maximum absolute atomic E-state index is 12.7. The molecule has 0 bridgehead atoms. The van der Waals surface area contributed by atoms with Gasteiger partial charge in [-0.15, -0.1) is 0 Å². The number of ether oxygens (including phenoxy) is 3. The van der Waals surface area contributed by atoms with Gasteiger partial charge >= 0.3 is 5.97 Å². The van der Waals surface area contributed by atoms with Gasteiger partial charge in [0.15, 0.2) is 11.5 Å². The van der Waals surface area contributed by atoms with Crippen LogP contribution in [0, 0.1) is 0 Å². The molecule has 1 aliphatic rings. The maximum atomic E-state index is 12.7. The number of hydrogen-bond acceptors (Lipinski definition) is 7. The third kappa shape index (κ3) is 6.75. The molecule has 0 saturated carbocycles. The minimum absolute atomic E-state index is 0.145. The molecule has 6 nitrogen and oxygen atoms in total. The Kier molecular flexibility index (Phi) is 9.47. The summed E-state index contributed by atoms with van der Waals surface area (Å²) in [5.41, 5.74) is 0.834. The number of hydrogen-bond donors (Lipinski definition) is 0. The molecule has 1 saturated heterocycles. The first-order chi connectivity index (χ1) is 14.0. The lowest BCUT2D eigenvalue weighted by atomic mass is 10.2. The minimum Gasteiger partial charge on any atom is -0.490 e. The van der Waals surface area contributed by atoms with Crippen LogP contribution in [0.3, 0.4) is 0 Å². The van der Waals surface area contributed by atoms with Gasteiger partial charge in [-0.1, -0.05) is 37.0 Å². The maximum Gasteiger partial charge on any atom is 0.305 e. The van der Waals surface area contributed by atoms with Crippen molar-refractivity contribution in [1.29, 1.82) is 0 Å². The van der Waals surface area contributed by atoms with Crippen molar-refractivity contribution < 1.29 is 23.8 Å². The number of benzene rings is 1. The smallest absolute Gasteiger partial charge is 0.305 e. The zero-order valence-electron chi connectivity index (χ0n) is 17.1. The average molecular weight is 438 g/mol. The predicted octanol–water partition coefficient (Wildman–Crippen LogP) is 4.42. The molecule has 2 rings (SSSR count). The number of thioether (sulfide) groups is 1. The molecule has 1 aromatic rings. The van der Waals surface area contributed by atoms with Gasteiger partial charge in [0.2, 0.25) is 0 Å². The zero-order valence-corrected chi connectivity index (χ0v) is 18.7. The quantitative estimate of drug-likeness (QED) is 0.288. The van der Waals surface area contributed by atoms with E-state index in [0.29, 0.717) is 53.5 Å². The summed E-state index contributed by atoms with van der Waals surface area (Å²) in [6.45, 7) is 7.66. The highest BCUT2D eigenvalue weighted by Crippen LogP contribution is 2.35. The highest BCUT2D eigenvalue weighted by molar-refractivity contribution is 8.26. The second kappa shape index (κ2) is 11.8. The van der Waals surface area contributed by atoms with Crippen LogP contribution >= 0.6 is 24.0 Å². The zero-order chi connectivity index (χ0) is 21.2. The van der Waals surface area contributed by atoms with Crippen LogP contribution in [0.5, 0.6) is 11.5 Å². The van der Waals surface area contributed by atoms with E-state index >= 15 is 0 Å². The van der Waals surface area contributed by atoms with E-state index in [4.69, 9.17) is 26.4 Å². The number of nitrogens with zero attached hydrogens (tertiary/aromatic N) is 1. The van der Waals surface area contributed by atoms with Gasteiger partial charge in [0.25, 0.3) is 5.91 Å². The monoisotopic (exact) mass is 437 g/mol. The summed E-state index contributed by atoms with van der Waals surface area (Å²) >= 11 is 6.61. The molecule has 1 aromatic carbocycles. The van der Waals surface area contributed by atoms with E-state index in [1.807, 2.05) is 39.0 Å². The lowest BCUT2D eigenvalue weighted by Crippen LogP contribution is -2.29. The molecule has 1 heterocycles. The number of thiocarbonyl (C=S) groups is 1. The Balaban J connectivity index is 2.03. The molecule has 1 aliphatic heterocycles. The Morgan fingerprint density at radius 1 is 1.17 bits per heavy atom. The van der Waals surface area contributed by atoms with Crippen molar-refractivity contribution >= 4 is 46.3 Å². The molecule has 0 N–H and O–H groups in total. The average Bonchev–Trinajstić information content (AvgIpc) is 2.96. The second-order valence-corrected chi connectivity index (χ2v) is 7.91. The van der Waals surface area contributed by atoms with E-state index in [-0.39, 0.29) is 18.3 Å². The summed E-state index contributed by atoms with van der Waals surface area (Å²) in [7, 11) is 0. The van der Waals surface area contributed by atoms with Crippen molar-refractivity contribution in [3.05, 3.63) is 28.7 Å². The Hall–Kier alpha value is -2.06. The molecule has 0 unspecified atom stereocenters. The first-order valence-corrected chi connectivity index (χ1v) is 11.0. The van der Waals surface area contributed by atoms with Crippen molar-refractivity contribution in [3.8, 4) is 11.5 Å². The number of carbonyl (C=O) groups is 2. The van der Waals surface area contributed by atoms with Crippen LogP contribution in [0.1, 0.15) is 45.6 Å². The summed E-state index contributed by atoms with van der Waals surface area (Å²) in [5, 5.41) is 0. The van der Waals surface area contributed by atoms with E-state index in [1.54, 1.807) is 6.08 Å². The first kappa shape index (κ1) is 23.2. The van der Waals surface area contributed by atoms with Crippen LogP contribution in [0.4, 0.5) is 0 Å². The largest absolute Gasteiger partial charge is 0.490 e. The lowest BCUT2D eigenvalue weighted by Gasteiger charge is -2.14. The predicted molar refractivity (Wildman–Crippen MR) is 119 cm³/mol. The highest BCUT2D eigenvalue weighted by Gasteiger charge is 2.31. The molecule has 0 radical (unpaired) electrons. The third-order valence-corrected chi connectivity index (χ3v) is 5.35. The Labute approximate surface area is 181 Å². The molecule has 1 fully saturated rings. The summed E-state index contributed by atoms with van der Waals surface area (Å²) in [5.74, 6) is 0.928. The van der Waals surface area contributed by atoms with Crippen LogP contribution in [0.15, 0.2) is 23.1 Å². The first-order valence-electron chi connectivity index (χ1n) is 9.80. The van der Waals surface area contributed by atoms with Gasteiger partial charge in [-0.05, 0) is 50.5 Å². The van der Waals surface area contributed by atoms with Gasteiger partial charge in [-0.3, -0.25) is 14.5 Å². The van der Waals surface area contributed by atoms with Crippen LogP contribution in [0.25, 0.3) is 6.08 Å². The molecular weight excluding hydrogens is 410 g/mol. The molecule has 1 amide bonds. The molecule has 0 spiro atoms. The molecule has 158 valence electrons. The van der Waals surface area contributed by atoms with Crippen molar-refractivity contribution in [2.45, 2.75) is 40.0 Å². The number of rotatable bonds is 11. The summed E-state index contributed by atoms with van der Waals surface area (Å²) in [6.07, 6.45) is 3.38. The van der Waals surface area contributed by atoms with Crippen LogP contribution < -0.4 is 9.47 Å². The fourth-order valence-corrected chi connectivity index (χ4v) is 3.98. The van der Waals surface area contributed by atoms with Crippen LogP contribution in [-0.4, -0.2) is 47.5 Å². The van der Waals surface area contributed by atoms with Crippen molar-refractivity contribution in [1.82, 2.24) is 4.90 Å². The highest BCUT2D eigenvalue weighted by atomic mass is 32.2. The lowest BCUT2D eigenvalue weighted by molar-refractivity contribution is -0.144. The van der Waals surface area contributed by atoms with Gasteiger partial charge < -0.3 is 14.2 Å². The summed E-state index contributed by atoms with van der Waals surface area (Å²) < 4.78 is 16.8. The summed E-state index contributed by atoms with van der Waals surface area (Å²) in [4.78, 5) is 26.4. The SMILES string of the molecule is CCCOC(=O)CCCN1C(=O)/C(=C/c2ccc(OCC)c(OCC)c2)SC1=S. The fraction of sp³-hybridized carbons (Fsp3) is 0.476. The molecule has 8 heteroatoms. The van der Waals surface area contributed by atoms with Gasteiger partial charge in [0.05, 0.1) is 24.7 Å². The number of esters is 1. The summed E-state index contributed by atoms with van der Waals surface area (Å²) in [6, 6.07) is 5.57.